The number of thiophene rings is 1. The normalized spacial score (nSPS) is 25.2. The lowest BCUT2D eigenvalue weighted by Gasteiger charge is -2.56. The van der Waals surface area contributed by atoms with E-state index in [0.29, 0.717) is 26.6 Å². The van der Waals surface area contributed by atoms with Crippen molar-refractivity contribution in [2.45, 2.75) is 63.6 Å². The van der Waals surface area contributed by atoms with Crippen molar-refractivity contribution in [1.82, 2.24) is 14.8 Å². The second-order valence-corrected chi connectivity index (χ2v) is 13.7. The third kappa shape index (κ3) is 5.37. The number of amides is 1. The monoisotopic (exact) mass is 584 g/mol. The number of thioether (sulfide) groups is 1. The van der Waals surface area contributed by atoms with Crippen molar-refractivity contribution >= 4 is 51.6 Å². The van der Waals surface area contributed by atoms with Crippen LogP contribution in [0, 0.1) is 23.2 Å². The van der Waals surface area contributed by atoms with Crippen molar-refractivity contribution in [3.05, 3.63) is 46.1 Å². The SMILES string of the molecule is CCn1c(CC23CC4CC(CC(C4)C2)C3)nnc1SCC(=O)Nc1scc(-c2ccc(Cl)cc2)c1C(=O)OC. The van der Waals surface area contributed by atoms with E-state index in [1.807, 2.05) is 17.5 Å². The molecule has 0 spiro atoms. The fourth-order valence-corrected chi connectivity index (χ4v) is 9.53. The molecule has 4 bridgehead atoms. The van der Waals surface area contributed by atoms with Crippen molar-refractivity contribution in [3.8, 4) is 11.1 Å². The molecule has 206 valence electrons. The molecule has 7 rings (SSSR count). The zero-order valence-electron chi connectivity index (χ0n) is 22.2. The first-order chi connectivity index (χ1) is 18.9. The van der Waals surface area contributed by atoms with Gasteiger partial charge in [0.1, 0.15) is 16.4 Å². The number of aromatic nitrogens is 3. The molecule has 2 aromatic heterocycles. The number of halogens is 1. The number of esters is 1. The van der Waals surface area contributed by atoms with Gasteiger partial charge in [-0.2, -0.15) is 0 Å². The number of carbonyl (C=O) groups is 2. The Morgan fingerprint density at radius 2 is 1.79 bits per heavy atom. The average Bonchev–Trinajstić information content (AvgIpc) is 3.49. The first kappa shape index (κ1) is 26.8. The zero-order chi connectivity index (χ0) is 27.1. The number of carbonyl (C=O) groups excluding carboxylic acids is 2. The van der Waals surface area contributed by atoms with Gasteiger partial charge < -0.3 is 14.6 Å². The maximum Gasteiger partial charge on any atom is 0.341 e. The molecule has 4 aliphatic carbocycles. The minimum atomic E-state index is -0.496. The van der Waals surface area contributed by atoms with Crippen LogP contribution in [0.1, 0.15) is 61.6 Å². The summed E-state index contributed by atoms with van der Waals surface area (Å²) in [5, 5.41) is 15.7. The standard InChI is InChI=1S/C29H33ClN4O3S2/c1-3-34-23(14-29-11-17-8-18(12-29)10-19(9-17)13-29)32-33-28(34)39-16-24(35)31-26-25(27(36)37-2)22(15-38-26)20-4-6-21(30)7-5-20/h4-7,15,17-19H,3,8-14,16H2,1-2H3,(H,31,35). The van der Waals surface area contributed by atoms with E-state index in [9.17, 15) is 9.59 Å². The summed E-state index contributed by atoms with van der Waals surface area (Å²) >= 11 is 8.72. The molecule has 10 heteroatoms. The highest BCUT2D eigenvalue weighted by atomic mass is 35.5. The highest BCUT2D eigenvalue weighted by molar-refractivity contribution is 7.99. The molecular formula is C29H33ClN4O3S2. The zero-order valence-corrected chi connectivity index (χ0v) is 24.6. The van der Waals surface area contributed by atoms with Gasteiger partial charge >= 0.3 is 5.97 Å². The minimum Gasteiger partial charge on any atom is -0.465 e. The maximum absolute atomic E-state index is 13.0. The van der Waals surface area contributed by atoms with Crippen LogP contribution in [0.5, 0.6) is 0 Å². The van der Waals surface area contributed by atoms with Crippen molar-refractivity contribution in [1.29, 1.82) is 0 Å². The molecule has 1 aromatic carbocycles. The van der Waals surface area contributed by atoms with Crippen LogP contribution in [-0.2, 0) is 22.5 Å². The Morgan fingerprint density at radius 1 is 1.13 bits per heavy atom. The first-order valence-electron chi connectivity index (χ1n) is 13.7. The fourth-order valence-electron chi connectivity index (χ4n) is 7.61. The summed E-state index contributed by atoms with van der Waals surface area (Å²) in [6.07, 6.45) is 9.29. The predicted molar refractivity (Wildman–Crippen MR) is 155 cm³/mol. The van der Waals surface area contributed by atoms with Crippen LogP contribution in [0.4, 0.5) is 5.00 Å². The number of anilines is 1. The number of hydrogen-bond acceptors (Lipinski definition) is 7. The highest BCUT2D eigenvalue weighted by Crippen LogP contribution is 2.61. The van der Waals surface area contributed by atoms with E-state index in [-0.39, 0.29) is 11.7 Å². The van der Waals surface area contributed by atoms with Gasteiger partial charge in [-0.1, -0.05) is 35.5 Å². The van der Waals surface area contributed by atoms with E-state index in [1.165, 1.54) is 68.7 Å². The molecule has 4 fully saturated rings. The van der Waals surface area contributed by atoms with Crippen molar-refractivity contribution in [2.75, 3.05) is 18.2 Å². The van der Waals surface area contributed by atoms with Gasteiger partial charge in [0.25, 0.3) is 0 Å². The summed E-state index contributed by atoms with van der Waals surface area (Å²) in [5.74, 6) is 3.23. The van der Waals surface area contributed by atoms with Gasteiger partial charge in [-0.05, 0) is 86.3 Å². The summed E-state index contributed by atoms with van der Waals surface area (Å²) in [6.45, 7) is 2.89. The Labute approximate surface area is 242 Å². The topological polar surface area (TPSA) is 86.1 Å². The number of benzene rings is 1. The molecule has 1 N–H and O–H groups in total. The molecule has 7 nitrogen and oxygen atoms in total. The predicted octanol–water partition coefficient (Wildman–Crippen LogP) is 6.96. The van der Waals surface area contributed by atoms with Gasteiger partial charge in [-0.3, -0.25) is 4.79 Å². The van der Waals surface area contributed by atoms with Crippen LogP contribution >= 0.6 is 34.7 Å². The quantitative estimate of drug-likeness (QED) is 0.216. The Morgan fingerprint density at radius 3 is 2.41 bits per heavy atom. The molecule has 0 unspecified atom stereocenters. The van der Waals surface area contributed by atoms with Crippen molar-refractivity contribution in [3.63, 3.8) is 0 Å². The molecule has 2 heterocycles. The smallest absolute Gasteiger partial charge is 0.341 e. The number of nitrogens with zero attached hydrogens (tertiary/aromatic N) is 3. The number of methoxy groups -OCH3 is 1. The molecule has 3 aromatic rings. The minimum absolute atomic E-state index is 0.171. The number of ether oxygens (including phenoxy) is 1. The molecule has 4 aliphatic rings. The largest absolute Gasteiger partial charge is 0.465 e. The molecule has 1 amide bonds. The number of hydrogen-bond donors (Lipinski definition) is 1. The van der Waals surface area contributed by atoms with Gasteiger partial charge in [-0.15, -0.1) is 21.5 Å². The van der Waals surface area contributed by atoms with Crippen LogP contribution in [0.25, 0.3) is 11.1 Å². The Bertz CT molecular complexity index is 1350. The number of nitrogens with one attached hydrogen (secondary N) is 1. The second kappa shape index (κ2) is 10.9. The third-order valence-corrected chi connectivity index (χ3v) is 10.8. The molecule has 4 saturated carbocycles. The van der Waals surface area contributed by atoms with Gasteiger partial charge in [0.05, 0.1) is 12.9 Å². The van der Waals surface area contributed by atoms with Crippen LogP contribution < -0.4 is 5.32 Å². The molecule has 0 atom stereocenters. The summed E-state index contributed by atoms with van der Waals surface area (Å²) in [7, 11) is 1.34. The lowest BCUT2D eigenvalue weighted by Crippen LogP contribution is -2.47. The lowest BCUT2D eigenvalue weighted by atomic mass is 9.49. The van der Waals surface area contributed by atoms with E-state index >= 15 is 0 Å². The molecule has 39 heavy (non-hydrogen) atoms. The fraction of sp³-hybridized carbons (Fsp3) is 0.517. The van der Waals surface area contributed by atoms with Crippen LogP contribution in [0.15, 0.2) is 34.8 Å². The molecular weight excluding hydrogens is 552 g/mol. The van der Waals surface area contributed by atoms with Crippen molar-refractivity contribution in [2.24, 2.45) is 23.2 Å². The molecule has 0 radical (unpaired) electrons. The first-order valence-corrected chi connectivity index (χ1v) is 15.9. The Balaban J connectivity index is 1.13. The molecule has 0 aliphatic heterocycles. The van der Waals surface area contributed by atoms with Gasteiger partial charge in [-0.25, -0.2) is 4.79 Å². The van der Waals surface area contributed by atoms with Crippen molar-refractivity contribution < 1.29 is 14.3 Å². The third-order valence-electron chi connectivity index (χ3n) is 8.73. The van der Waals surface area contributed by atoms with Gasteiger partial charge in [0.15, 0.2) is 5.16 Å². The summed E-state index contributed by atoms with van der Waals surface area (Å²) in [5.41, 5.74) is 2.26. The molecule has 0 saturated heterocycles. The maximum atomic E-state index is 13.0. The Kier molecular flexibility index (Phi) is 7.50. The second-order valence-electron chi connectivity index (χ2n) is 11.4. The number of rotatable bonds is 9. The summed E-state index contributed by atoms with van der Waals surface area (Å²) in [4.78, 5) is 25.6. The summed E-state index contributed by atoms with van der Waals surface area (Å²) in [6, 6.07) is 7.23. The van der Waals surface area contributed by atoms with E-state index in [1.54, 1.807) is 12.1 Å². The lowest BCUT2D eigenvalue weighted by molar-refractivity contribution is -0.113. The van der Waals surface area contributed by atoms with Crippen LogP contribution in [-0.4, -0.2) is 39.5 Å². The van der Waals surface area contributed by atoms with E-state index in [0.717, 1.165) is 47.3 Å². The highest BCUT2D eigenvalue weighted by Gasteiger charge is 2.51. The Hall–Kier alpha value is -2.36. The van der Waals surface area contributed by atoms with E-state index in [2.05, 4.69) is 27.0 Å². The average molecular weight is 585 g/mol. The van der Waals surface area contributed by atoms with E-state index in [4.69, 9.17) is 16.3 Å². The van der Waals surface area contributed by atoms with E-state index < -0.39 is 5.97 Å². The van der Waals surface area contributed by atoms with Crippen LogP contribution in [0.2, 0.25) is 5.02 Å². The van der Waals surface area contributed by atoms with Gasteiger partial charge in [0.2, 0.25) is 5.91 Å². The van der Waals surface area contributed by atoms with Gasteiger partial charge in [0, 0.05) is 28.9 Å². The summed E-state index contributed by atoms with van der Waals surface area (Å²) < 4.78 is 7.21. The van der Waals surface area contributed by atoms with Crippen LogP contribution in [0.3, 0.4) is 0 Å².